The number of rotatable bonds is 4. The number of hydrogen-bond donors (Lipinski definition) is 1. The third-order valence-electron chi connectivity index (χ3n) is 4.65. The van der Waals surface area contributed by atoms with E-state index in [1.807, 2.05) is 4.90 Å². The molecule has 2 aliphatic rings. The lowest BCUT2D eigenvalue weighted by atomic mass is 9.97. The Kier molecular flexibility index (Phi) is 6.46. The number of nitrogens with one attached hydrogen (secondary N) is 1. The van der Waals surface area contributed by atoms with Crippen LogP contribution in [0.5, 0.6) is 0 Å². The van der Waals surface area contributed by atoms with Crippen LogP contribution in [0.1, 0.15) is 19.8 Å². The standard InChI is InChI=1S/C19H20BrN3O4S/c1-2-27-18(26)12-7-9-22(10-8-12)11-15-16(24)21-19(28)23(17(15)25)14-5-3-13(20)4-6-14/h3-6,11-12H,2,7-10H2,1H3,(H,21,24,28). The summed E-state index contributed by atoms with van der Waals surface area (Å²) in [6.45, 7) is 3.28. The van der Waals surface area contributed by atoms with Crippen LogP contribution >= 0.6 is 28.1 Å². The maximum Gasteiger partial charge on any atom is 0.309 e. The maximum absolute atomic E-state index is 13.0. The summed E-state index contributed by atoms with van der Waals surface area (Å²) >= 11 is 8.55. The Morgan fingerprint density at radius 1 is 1.29 bits per heavy atom. The van der Waals surface area contributed by atoms with Gasteiger partial charge in [-0.15, -0.1) is 0 Å². The van der Waals surface area contributed by atoms with Crippen molar-refractivity contribution in [3.8, 4) is 0 Å². The Balaban J connectivity index is 1.75. The number of likely N-dealkylation sites (tertiary alicyclic amines) is 1. The van der Waals surface area contributed by atoms with Crippen molar-refractivity contribution in [2.45, 2.75) is 19.8 Å². The van der Waals surface area contributed by atoms with E-state index in [0.717, 1.165) is 4.47 Å². The predicted molar refractivity (Wildman–Crippen MR) is 111 cm³/mol. The molecule has 0 bridgehead atoms. The molecule has 2 saturated heterocycles. The minimum absolute atomic E-state index is 0.0195. The highest BCUT2D eigenvalue weighted by atomic mass is 79.9. The van der Waals surface area contributed by atoms with Gasteiger partial charge < -0.3 is 9.64 Å². The first-order chi connectivity index (χ1) is 13.4. The van der Waals surface area contributed by atoms with E-state index >= 15 is 0 Å². The van der Waals surface area contributed by atoms with Gasteiger partial charge in [-0.05, 0) is 56.2 Å². The van der Waals surface area contributed by atoms with Gasteiger partial charge in [-0.2, -0.15) is 0 Å². The number of nitrogens with zero attached hydrogens (tertiary/aromatic N) is 2. The normalized spacial score (nSPS) is 19.8. The number of hydrogen-bond acceptors (Lipinski definition) is 6. The molecule has 2 heterocycles. The first kappa shape index (κ1) is 20.5. The fraction of sp³-hybridized carbons (Fsp3) is 0.368. The highest BCUT2D eigenvalue weighted by Gasteiger charge is 2.35. The number of ether oxygens (including phenoxy) is 1. The number of piperidine rings is 1. The summed E-state index contributed by atoms with van der Waals surface area (Å²) in [5.74, 6) is -1.31. The average molecular weight is 466 g/mol. The van der Waals surface area contributed by atoms with Gasteiger partial charge in [0.25, 0.3) is 11.8 Å². The fourth-order valence-corrected chi connectivity index (χ4v) is 3.72. The van der Waals surface area contributed by atoms with Gasteiger partial charge in [-0.3, -0.25) is 24.6 Å². The zero-order valence-electron chi connectivity index (χ0n) is 15.3. The number of halogens is 1. The van der Waals surface area contributed by atoms with Crippen molar-refractivity contribution in [1.82, 2.24) is 10.2 Å². The van der Waals surface area contributed by atoms with Crippen LogP contribution in [0.3, 0.4) is 0 Å². The molecule has 0 radical (unpaired) electrons. The van der Waals surface area contributed by atoms with Crippen LogP contribution in [0.4, 0.5) is 5.69 Å². The van der Waals surface area contributed by atoms with Crippen molar-refractivity contribution < 1.29 is 19.1 Å². The van der Waals surface area contributed by atoms with Gasteiger partial charge in [0.15, 0.2) is 5.11 Å². The molecule has 2 fully saturated rings. The lowest BCUT2D eigenvalue weighted by molar-refractivity contribution is -0.149. The van der Waals surface area contributed by atoms with E-state index < -0.39 is 11.8 Å². The lowest BCUT2D eigenvalue weighted by Crippen LogP contribution is -2.54. The molecule has 28 heavy (non-hydrogen) atoms. The number of anilines is 1. The van der Waals surface area contributed by atoms with Crippen molar-refractivity contribution >= 4 is 56.7 Å². The second kappa shape index (κ2) is 8.83. The fourth-order valence-electron chi connectivity index (χ4n) is 3.18. The van der Waals surface area contributed by atoms with Crippen molar-refractivity contribution in [3.05, 3.63) is 40.5 Å². The molecule has 2 amide bonds. The quantitative estimate of drug-likeness (QED) is 0.318. The van der Waals surface area contributed by atoms with E-state index in [4.69, 9.17) is 17.0 Å². The molecule has 1 aromatic carbocycles. The first-order valence-electron chi connectivity index (χ1n) is 8.98. The molecule has 1 N–H and O–H groups in total. The predicted octanol–water partition coefficient (Wildman–Crippen LogP) is 2.36. The summed E-state index contributed by atoms with van der Waals surface area (Å²) in [5.41, 5.74) is 0.594. The first-order valence-corrected chi connectivity index (χ1v) is 10.2. The summed E-state index contributed by atoms with van der Waals surface area (Å²) in [7, 11) is 0. The maximum atomic E-state index is 13.0. The van der Waals surface area contributed by atoms with Crippen molar-refractivity contribution in [2.75, 3.05) is 24.6 Å². The van der Waals surface area contributed by atoms with Gasteiger partial charge in [-0.1, -0.05) is 15.9 Å². The van der Waals surface area contributed by atoms with E-state index in [9.17, 15) is 14.4 Å². The number of amides is 2. The van der Waals surface area contributed by atoms with Crippen LogP contribution in [-0.4, -0.2) is 47.5 Å². The molecule has 0 spiro atoms. The Bertz CT molecular complexity index is 832. The van der Waals surface area contributed by atoms with Gasteiger partial charge in [0, 0.05) is 23.8 Å². The molecular formula is C19H20BrN3O4S. The van der Waals surface area contributed by atoms with E-state index in [2.05, 4.69) is 21.2 Å². The molecule has 2 aliphatic heterocycles. The number of carbonyl (C=O) groups is 3. The molecule has 0 aromatic heterocycles. The molecule has 0 aliphatic carbocycles. The molecule has 0 atom stereocenters. The number of esters is 1. The van der Waals surface area contributed by atoms with Crippen LogP contribution < -0.4 is 10.2 Å². The zero-order chi connectivity index (χ0) is 20.3. The van der Waals surface area contributed by atoms with Crippen LogP contribution in [0, 0.1) is 5.92 Å². The van der Waals surface area contributed by atoms with Crippen LogP contribution in [0.2, 0.25) is 0 Å². The second-order valence-corrected chi connectivity index (χ2v) is 7.78. The molecule has 7 nitrogen and oxygen atoms in total. The third kappa shape index (κ3) is 4.41. The Labute approximate surface area is 176 Å². The van der Waals surface area contributed by atoms with Crippen molar-refractivity contribution in [1.29, 1.82) is 0 Å². The number of benzene rings is 1. The smallest absolute Gasteiger partial charge is 0.309 e. The van der Waals surface area contributed by atoms with Crippen LogP contribution in [0.25, 0.3) is 0 Å². The molecule has 1 aromatic rings. The van der Waals surface area contributed by atoms with Gasteiger partial charge in [0.1, 0.15) is 5.57 Å². The highest BCUT2D eigenvalue weighted by Crippen LogP contribution is 2.24. The van der Waals surface area contributed by atoms with E-state index in [0.29, 0.717) is 38.2 Å². The van der Waals surface area contributed by atoms with E-state index in [1.165, 1.54) is 4.90 Å². The summed E-state index contributed by atoms with van der Waals surface area (Å²) in [4.78, 5) is 40.4. The van der Waals surface area contributed by atoms with E-state index in [1.54, 1.807) is 37.4 Å². The monoisotopic (exact) mass is 465 g/mol. The average Bonchev–Trinajstić information content (AvgIpc) is 2.67. The molecule has 0 saturated carbocycles. The topological polar surface area (TPSA) is 79.0 Å². The van der Waals surface area contributed by atoms with Crippen molar-refractivity contribution in [3.63, 3.8) is 0 Å². The van der Waals surface area contributed by atoms with Gasteiger partial charge in [-0.25, -0.2) is 0 Å². The summed E-state index contributed by atoms with van der Waals surface area (Å²) in [6.07, 6.45) is 2.80. The van der Waals surface area contributed by atoms with Crippen molar-refractivity contribution in [2.24, 2.45) is 5.92 Å². The molecular weight excluding hydrogens is 446 g/mol. The van der Waals surface area contributed by atoms with Gasteiger partial charge in [0.05, 0.1) is 18.2 Å². The summed E-state index contributed by atoms with van der Waals surface area (Å²) in [6, 6.07) is 7.08. The van der Waals surface area contributed by atoms with Gasteiger partial charge in [0.2, 0.25) is 0 Å². The molecule has 0 unspecified atom stereocenters. The Hall–Kier alpha value is -2.26. The van der Waals surface area contributed by atoms with Gasteiger partial charge >= 0.3 is 5.97 Å². The zero-order valence-corrected chi connectivity index (χ0v) is 17.7. The largest absolute Gasteiger partial charge is 0.466 e. The SMILES string of the molecule is CCOC(=O)C1CCN(C=C2C(=O)NC(=S)N(c3ccc(Br)cc3)C2=O)CC1. The van der Waals surface area contributed by atoms with Crippen LogP contribution in [-0.2, 0) is 19.1 Å². The Morgan fingerprint density at radius 3 is 2.54 bits per heavy atom. The lowest BCUT2D eigenvalue weighted by Gasteiger charge is -2.33. The highest BCUT2D eigenvalue weighted by molar-refractivity contribution is 9.10. The minimum atomic E-state index is -0.518. The minimum Gasteiger partial charge on any atom is -0.466 e. The number of carbonyl (C=O) groups excluding carboxylic acids is 3. The van der Waals surface area contributed by atoms with Crippen LogP contribution in [0.15, 0.2) is 40.5 Å². The third-order valence-corrected chi connectivity index (χ3v) is 5.46. The Morgan fingerprint density at radius 2 is 1.93 bits per heavy atom. The summed E-state index contributed by atoms with van der Waals surface area (Å²) in [5, 5.41) is 2.62. The molecule has 3 rings (SSSR count). The second-order valence-electron chi connectivity index (χ2n) is 6.48. The summed E-state index contributed by atoms with van der Waals surface area (Å²) < 4.78 is 5.94. The number of thiocarbonyl (C=S) groups is 1. The van der Waals surface area contributed by atoms with E-state index in [-0.39, 0.29) is 22.6 Å². The molecule has 9 heteroatoms. The molecule has 148 valence electrons.